The maximum Gasteiger partial charge on any atom is 0.240 e. The molecule has 7 heteroatoms. The predicted octanol–water partition coefficient (Wildman–Crippen LogP) is 1.15. The molecule has 0 bridgehead atoms. The van der Waals surface area contributed by atoms with E-state index in [0.717, 1.165) is 12.1 Å². The van der Waals surface area contributed by atoms with Crippen molar-refractivity contribution in [1.29, 1.82) is 0 Å². The molecule has 22 heavy (non-hydrogen) atoms. The fourth-order valence-electron chi connectivity index (χ4n) is 2.10. The molecule has 2 N–H and O–H groups in total. The highest BCUT2D eigenvalue weighted by molar-refractivity contribution is 7.89. The first kappa shape index (κ1) is 16.7. The molecule has 2 aromatic rings. The maximum absolute atomic E-state index is 12.0. The zero-order valence-corrected chi connectivity index (χ0v) is 13.7. The smallest absolute Gasteiger partial charge is 0.240 e. The fraction of sp³-hybridized carbons (Fsp3) is 0.400. The topological polar surface area (TPSA) is 76.0 Å². The lowest BCUT2D eigenvalue weighted by Crippen LogP contribution is -2.37. The van der Waals surface area contributed by atoms with Crippen molar-refractivity contribution in [3.63, 3.8) is 0 Å². The van der Waals surface area contributed by atoms with E-state index < -0.39 is 10.0 Å². The molecule has 0 aliphatic heterocycles. The molecule has 0 radical (unpaired) electrons. The first-order valence-corrected chi connectivity index (χ1v) is 8.73. The molecule has 0 spiro atoms. The molecular formula is C15H22N4O2S. The Labute approximate surface area is 131 Å². The summed E-state index contributed by atoms with van der Waals surface area (Å²) < 4.78 is 28.5. The molecule has 1 atom stereocenters. The van der Waals surface area contributed by atoms with E-state index in [0.29, 0.717) is 13.1 Å². The van der Waals surface area contributed by atoms with Gasteiger partial charge in [-0.2, -0.15) is 5.10 Å². The van der Waals surface area contributed by atoms with Crippen molar-refractivity contribution in [2.24, 2.45) is 0 Å². The van der Waals surface area contributed by atoms with Gasteiger partial charge in [0.2, 0.25) is 10.0 Å². The highest BCUT2D eigenvalue weighted by Gasteiger charge is 2.12. The summed E-state index contributed by atoms with van der Waals surface area (Å²) in [6.07, 6.45) is 3.80. The lowest BCUT2D eigenvalue weighted by Gasteiger charge is -2.14. The van der Waals surface area contributed by atoms with Crippen LogP contribution in [0.25, 0.3) is 0 Å². The molecule has 1 heterocycles. The third-order valence-electron chi connectivity index (χ3n) is 3.19. The Morgan fingerprint density at radius 3 is 2.59 bits per heavy atom. The molecule has 0 aliphatic rings. The van der Waals surface area contributed by atoms with Crippen LogP contribution in [-0.4, -0.2) is 37.3 Å². The summed E-state index contributed by atoms with van der Waals surface area (Å²) in [6, 6.07) is 8.58. The number of rotatable bonds is 8. The van der Waals surface area contributed by atoms with Gasteiger partial charge in [-0.3, -0.25) is 4.68 Å². The summed E-state index contributed by atoms with van der Waals surface area (Å²) in [4.78, 5) is 0.287. The number of sulfonamides is 1. The van der Waals surface area contributed by atoms with Crippen LogP contribution >= 0.6 is 0 Å². The monoisotopic (exact) mass is 322 g/mol. The van der Waals surface area contributed by atoms with Crippen LogP contribution in [0.4, 0.5) is 0 Å². The second-order valence-corrected chi connectivity index (χ2v) is 7.07. The van der Waals surface area contributed by atoms with Crippen LogP contribution in [0.3, 0.4) is 0 Å². The van der Waals surface area contributed by atoms with Gasteiger partial charge in [0, 0.05) is 25.3 Å². The Balaban J connectivity index is 1.72. The molecule has 0 aliphatic carbocycles. The lowest BCUT2D eigenvalue weighted by atomic mass is 10.3. The molecule has 0 saturated heterocycles. The van der Waals surface area contributed by atoms with E-state index in [2.05, 4.69) is 15.1 Å². The fourth-order valence-corrected chi connectivity index (χ4v) is 3.15. The Hall–Kier alpha value is -1.70. The van der Waals surface area contributed by atoms with Crippen molar-refractivity contribution < 1.29 is 8.42 Å². The van der Waals surface area contributed by atoms with Gasteiger partial charge in [-0.05, 0) is 31.5 Å². The van der Waals surface area contributed by atoms with Gasteiger partial charge in [-0.15, -0.1) is 0 Å². The van der Waals surface area contributed by atoms with Crippen LogP contribution < -0.4 is 10.0 Å². The zero-order valence-electron chi connectivity index (χ0n) is 12.9. The average Bonchev–Trinajstić information content (AvgIpc) is 2.90. The first-order valence-electron chi connectivity index (χ1n) is 7.24. The van der Waals surface area contributed by atoms with Gasteiger partial charge in [-0.25, -0.2) is 13.1 Å². The van der Waals surface area contributed by atoms with E-state index in [1.54, 1.807) is 30.3 Å². The molecule has 120 valence electrons. The van der Waals surface area contributed by atoms with Crippen molar-refractivity contribution in [3.8, 4) is 0 Å². The van der Waals surface area contributed by atoms with E-state index in [-0.39, 0.29) is 10.9 Å². The highest BCUT2D eigenvalue weighted by Crippen LogP contribution is 2.06. The molecule has 6 nitrogen and oxygen atoms in total. The number of nitrogens with zero attached hydrogens (tertiary/aromatic N) is 2. The summed E-state index contributed by atoms with van der Waals surface area (Å²) in [5.41, 5.74) is 1.13. The van der Waals surface area contributed by atoms with Gasteiger partial charge in [0.1, 0.15) is 0 Å². The zero-order chi connectivity index (χ0) is 16.0. The van der Waals surface area contributed by atoms with Crippen LogP contribution in [0, 0.1) is 6.92 Å². The van der Waals surface area contributed by atoms with Crippen LogP contribution in [0.5, 0.6) is 0 Å². The van der Waals surface area contributed by atoms with E-state index in [4.69, 9.17) is 0 Å². The Bertz CT molecular complexity index is 683. The van der Waals surface area contributed by atoms with E-state index in [1.165, 1.54) is 0 Å². The highest BCUT2D eigenvalue weighted by atomic mass is 32.2. The quantitative estimate of drug-likeness (QED) is 0.715. The lowest BCUT2D eigenvalue weighted by molar-refractivity contribution is 0.453. The SMILES string of the molecule is Cc1cnn(C[C@@H](C)NCCNS(=O)(=O)c2ccccc2)c1. The van der Waals surface area contributed by atoms with Crippen LogP contribution in [0.15, 0.2) is 47.6 Å². The molecule has 1 aromatic carbocycles. The first-order chi connectivity index (χ1) is 10.5. The largest absolute Gasteiger partial charge is 0.311 e. The summed E-state index contributed by atoms with van der Waals surface area (Å²) in [5.74, 6) is 0. The summed E-state index contributed by atoms with van der Waals surface area (Å²) in [6.45, 7) is 5.70. The molecular weight excluding hydrogens is 300 g/mol. The number of aryl methyl sites for hydroxylation is 1. The van der Waals surface area contributed by atoms with E-state index in [9.17, 15) is 8.42 Å². The minimum atomic E-state index is -3.42. The molecule has 1 aromatic heterocycles. The van der Waals surface area contributed by atoms with Gasteiger partial charge in [0.05, 0.1) is 17.6 Å². The van der Waals surface area contributed by atoms with E-state index >= 15 is 0 Å². The number of aromatic nitrogens is 2. The summed E-state index contributed by atoms with van der Waals surface area (Å²) in [7, 11) is -3.42. The second-order valence-electron chi connectivity index (χ2n) is 5.31. The number of hydrogen-bond donors (Lipinski definition) is 2. The number of benzene rings is 1. The Morgan fingerprint density at radius 1 is 1.23 bits per heavy atom. The number of hydrogen-bond acceptors (Lipinski definition) is 4. The Morgan fingerprint density at radius 2 is 1.95 bits per heavy atom. The predicted molar refractivity (Wildman–Crippen MR) is 86.1 cm³/mol. The van der Waals surface area contributed by atoms with Crippen LogP contribution in [0.2, 0.25) is 0 Å². The molecule has 0 unspecified atom stereocenters. The third kappa shape index (κ3) is 4.94. The van der Waals surface area contributed by atoms with Crippen molar-refractivity contribution >= 4 is 10.0 Å². The van der Waals surface area contributed by atoms with Gasteiger partial charge in [-0.1, -0.05) is 18.2 Å². The van der Waals surface area contributed by atoms with Gasteiger partial charge < -0.3 is 5.32 Å². The molecule has 0 saturated carbocycles. The van der Waals surface area contributed by atoms with Crippen molar-refractivity contribution in [2.75, 3.05) is 13.1 Å². The van der Waals surface area contributed by atoms with Crippen molar-refractivity contribution in [1.82, 2.24) is 19.8 Å². The minimum Gasteiger partial charge on any atom is -0.311 e. The average molecular weight is 322 g/mol. The van der Waals surface area contributed by atoms with Crippen molar-refractivity contribution in [3.05, 3.63) is 48.3 Å². The Kier molecular flexibility index (Phi) is 5.70. The van der Waals surface area contributed by atoms with Crippen LogP contribution in [0.1, 0.15) is 12.5 Å². The van der Waals surface area contributed by atoms with Crippen molar-refractivity contribution in [2.45, 2.75) is 31.3 Å². The molecule has 0 fully saturated rings. The van der Waals surface area contributed by atoms with Gasteiger partial charge in [0.25, 0.3) is 0 Å². The molecule has 2 rings (SSSR count). The second kappa shape index (κ2) is 7.53. The van der Waals surface area contributed by atoms with Crippen LogP contribution in [-0.2, 0) is 16.6 Å². The standard InChI is InChI=1S/C15H22N4O2S/c1-13-10-17-19(11-13)12-14(2)16-8-9-18-22(20,21)15-6-4-3-5-7-15/h3-7,10-11,14,16,18H,8-9,12H2,1-2H3/t14-/m1/s1. The number of nitrogens with one attached hydrogen (secondary N) is 2. The normalized spacial score (nSPS) is 13.2. The van der Waals surface area contributed by atoms with Gasteiger partial charge >= 0.3 is 0 Å². The third-order valence-corrected chi connectivity index (χ3v) is 4.66. The molecule has 0 amide bonds. The maximum atomic E-state index is 12.0. The van der Waals surface area contributed by atoms with Gasteiger partial charge in [0.15, 0.2) is 0 Å². The minimum absolute atomic E-state index is 0.209. The van der Waals surface area contributed by atoms with E-state index in [1.807, 2.05) is 30.9 Å². The summed E-state index contributed by atoms with van der Waals surface area (Å²) >= 11 is 0. The summed E-state index contributed by atoms with van der Waals surface area (Å²) in [5, 5.41) is 7.50.